The second kappa shape index (κ2) is 14.8. The van der Waals surface area contributed by atoms with Gasteiger partial charge in [0.25, 0.3) is 10.0 Å². The molecule has 7 nitrogen and oxygen atoms in total. The fourth-order valence-corrected chi connectivity index (χ4v) is 7.64. The van der Waals surface area contributed by atoms with Crippen LogP contribution in [0.15, 0.2) is 108 Å². The largest absolute Gasteiger partial charge is 0.352 e. The van der Waals surface area contributed by atoms with Crippen LogP contribution < -0.4 is 9.62 Å². The molecule has 1 aliphatic rings. The number of rotatable bonds is 12. The number of amides is 2. The van der Waals surface area contributed by atoms with Crippen LogP contribution in [-0.2, 0) is 32.6 Å². The summed E-state index contributed by atoms with van der Waals surface area (Å²) in [6.45, 7) is 5.41. The number of hydrogen-bond acceptors (Lipinski definition) is 4. The van der Waals surface area contributed by atoms with Crippen molar-refractivity contribution in [2.24, 2.45) is 0 Å². The number of sulfonamides is 1. The van der Waals surface area contributed by atoms with E-state index in [-0.39, 0.29) is 23.4 Å². The second-order valence-corrected chi connectivity index (χ2v) is 14.2. The number of carbonyl (C=O) groups excluding carboxylic acids is 2. The van der Waals surface area contributed by atoms with Crippen molar-refractivity contribution in [1.29, 1.82) is 0 Å². The molecule has 2 amide bonds. The Morgan fingerprint density at radius 3 is 2.09 bits per heavy atom. The van der Waals surface area contributed by atoms with Gasteiger partial charge in [-0.3, -0.25) is 13.9 Å². The number of carbonyl (C=O) groups is 2. The van der Waals surface area contributed by atoms with E-state index in [1.54, 1.807) is 29.2 Å². The van der Waals surface area contributed by atoms with Gasteiger partial charge >= 0.3 is 0 Å². The average molecular weight is 638 g/mol. The maximum Gasteiger partial charge on any atom is 0.264 e. The van der Waals surface area contributed by atoms with Gasteiger partial charge in [-0.05, 0) is 74.1 Å². The summed E-state index contributed by atoms with van der Waals surface area (Å²) in [5, 5.41) is 3.22. The van der Waals surface area contributed by atoms with Crippen molar-refractivity contribution in [2.75, 3.05) is 10.8 Å². The molecule has 1 saturated carbocycles. The molecule has 0 saturated heterocycles. The summed E-state index contributed by atoms with van der Waals surface area (Å²) < 4.78 is 29.7. The number of nitrogens with one attached hydrogen (secondary N) is 1. The van der Waals surface area contributed by atoms with E-state index in [0.29, 0.717) is 12.1 Å². The van der Waals surface area contributed by atoms with Crippen molar-refractivity contribution in [3.8, 4) is 0 Å². The summed E-state index contributed by atoms with van der Waals surface area (Å²) in [7, 11) is -4.14. The summed E-state index contributed by atoms with van der Waals surface area (Å²) in [6.07, 6.45) is 4.23. The zero-order valence-electron chi connectivity index (χ0n) is 26.9. The number of anilines is 1. The summed E-state index contributed by atoms with van der Waals surface area (Å²) in [6, 6.07) is 30.5. The van der Waals surface area contributed by atoms with Crippen LogP contribution in [0.25, 0.3) is 0 Å². The first kappa shape index (κ1) is 32.9. The summed E-state index contributed by atoms with van der Waals surface area (Å²) >= 11 is 0. The van der Waals surface area contributed by atoms with Crippen molar-refractivity contribution < 1.29 is 18.0 Å². The molecule has 1 aliphatic carbocycles. The lowest BCUT2D eigenvalue weighted by atomic mass is 10.0. The predicted octanol–water partition coefficient (Wildman–Crippen LogP) is 6.51. The molecule has 4 aromatic carbocycles. The Hall–Kier alpha value is -4.43. The molecule has 5 rings (SSSR count). The normalized spacial score (nSPS) is 14.1. The smallest absolute Gasteiger partial charge is 0.264 e. The lowest BCUT2D eigenvalue weighted by Gasteiger charge is -2.34. The lowest BCUT2D eigenvalue weighted by Crippen LogP contribution is -2.54. The van der Waals surface area contributed by atoms with Gasteiger partial charge in [0.05, 0.1) is 10.6 Å². The van der Waals surface area contributed by atoms with Gasteiger partial charge in [-0.25, -0.2) is 8.42 Å². The van der Waals surface area contributed by atoms with Crippen LogP contribution in [0.4, 0.5) is 5.69 Å². The average Bonchev–Trinajstić information content (AvgIpc) is 3.56. The third-order valence-corrected chi connectivity index (χ3v) is 10.4. The number of aryl methyl sites for hydroxylation is 3. The molecule has 0 radical (unpaired) electrons. The van der Waals surface area contributed by atoms with Crippen molar-refractivity contribution in [1.82, 2.24) is 10.2 Å². The van der Waals surface area contributed by atoms with Gasteiger partial charge < -0.3 is 10.2 Å². The SMILES string of the molecule is Cc1cccc(CN(C(=O)CN(c2cc(C)ccc2C)S(=O)(=O)c2ccccc2)[C@@H](Cc2ccccc2)C(=O)NC2CCCC2)c1. The fraction of sp³-hybridized carbons (Fsp3) is 0.316. The predicted molar refractivity (Wildman–Crippen MR) is 183 cm³/mol. The Bertz CT molecular complexity index is 1750. The van der Waals surface area contributed by atoms with E-state index in [1.165, 1.54) is 16.4 Å². The highest BCUT2D eigenvalue weighted by atomic mass is 32.2. The monoisotopic (exact) mass is 637 g/mol. The minimum atomic E-state index is -4.14. The van der Waals surface area contributed by atoms with Crippen LogP contribution in [-0.4, -0.2) is 43.8 Å². The number of benzene rings is 4. The van der Waals surface area contributed by atoms with Gasteiger partial charge in [-0.2, -0.15) is 0 Å². The summed E-state index contributed by atoms with van der Waals surface area (Å²) in [5.41, 5.74) is 4.84. The molecule has 0 bridgehead atoms. The molecular weight excluding hydrogens is 595 g/mol. The van der Waals surface area contributed by atoms with E-state index in [2.05, 4.69) is 5.32 Å². The maximum atomic E-state index is 14.7. The summed E-state index contributed by atoms with van der Waals surface area (Å²) in [5.74, 6) is -0.676. The van der Waals surface area contributed by atoms with Gasteiger partial charge in [0.2, 0.25) is 11.8 Å². The van der Waals surface area contributed by atoms with Crippen LogP contribution in [0.5, 0.6) is 0 Å². The Kier molecular flexibility index (Phi) is 10.6. The standard InChI is InChI=1S/C38H43N3O4S/c1-28-13-12-16-32(23-28)26-40(36(25-31-14-6-4-7-15-31)38(43)39-33-17-10-11-18-33)37(42)27-41(35-24-29(2)21-22-30(35)3)46(44,45)34-19-8-5-9-20-34/h4-9,12-16,19-24,33,36H,10-11,17-18,25-27H2,1-3H3,(H,39,43)/t36-/m0/s1. The third-order valence-electron chi connectivity index (χ3n) is 8.65. The van der Waals surface area contributed by atoms with E-state index in [0.717, 1.165) is 53.5 Å². The van der Waals surface area contributed by atoms with Gasteiger partial charge in [0.15, 0.2) is 0 Å². The van der Waals surface area contributed by atoms with Gasteiger partial charge in [0, 0.05) is 19.0 Å². The number of nitrogens with zero attached hydrogens (tertiary/aromatic N) is 2. The lowest BCUT2D eigenvalue weighted by molar-refractivity contribution is -0.140. The molecule has 0 unspecified atom stereocenters. The van der Waals surface area contributed by atoms with Crippen molar-refractivity contribution in [3.63, 3.8) is 0 Å². The van der Waals surface area contributed by atoms with Crippen LogP contribution in [0.1, 0.15) is 53.5 Å². The van der Waals surface area contributed by atoms with Crippen molar-refractivity contribution in [2.45, 2.75) is 76.4 Å². The minimum Gasteiger partial charge on any atom is -0.352 e. The van der Waals surface area contributed by atoms with Crippen molar-refractivity contribution in [3.05, 3.63) is 131 Å². The molecule has 240 valence electrons. The third kappa shape index (κ3) is 8.04. The van der Waals surface area contributed by atoms with Crippen LogP contribution in [0.2, 0.25) is 0 Å². The topological polar surface area (TPSA) is 86.8 Å². The fourth-order valence-electron chi connectivity index (χ4n) is 6.15. The van der Waals surface area contributed by atoms with E-state index in [4.69, 9.17) is 0 Å². The Labute approximate surface area is 273 Å². The molecular formula is C38H43N3O4S. The molecule has 1 fully saturated rings. The first-order valence-corrected chi connectivity index (χ1v) is 17.4. The van der Waals surface area contributed by atoms with Crippen molar-refractivity contribution >= 4 is 27.5 Å². The maximum absolute atomic E-state index is 14.7. The molecule has 1 N–H and O–H groups in total. The summed E-state index contributed by atoms with van der Waals surface area (Å²) in [4.78, 5) is 30.5. The Morgan fingerprint density at radius 1 is 0.783 bits per heavy atom. The number of hydrogen-bond donors (Lipinski definition) is 1. The van der Waals surface area contributed by atoms with Crippen LogP contribution in [0, 0.1) is 20.8 Å². The Morgan fingerprint density at radius 2 is 1.41 bits per heavy atom. The van der Waals surface area contributed by atoms with E-state index < -0.39 is 28.5 Å². The highest BCUT2D eigenvalue weighted by Gasteiger charge is 2.36. The molecule has 0 heterocycles. The Balaban J connectivity index is 1.58. The first-order chi connectivity index (χ1) is 22.1. The molecule has 0 aliphatic heterocycles. The van der Waals surface area contributed by atoms with Crippen LogP contribution >= 0.6 is 0 Å². The molecule has 4 aromatic rings. The minimum absolute atomic E-state index is 0.0617. The van der Waals surface area contributed by atoms with E-state index in [1.807, 2.05) is 87.5 Å². The highest BCUT2D eigenvalue weighted by Crippen LogP contribution is 2.29. The van der Waals surface area contributed by atoms with Gasteiger partial charge in [-0.15, -0.1) is 0 Å². The van der Waals surface area contributed by atoms with Gasteiger partial charge in [-0.1, -0.05) is 103 Å². The highest BCUT2D eigenvalue weighted by molar-refractivity contribution is 7.92. The van der Waals surface area contributed by atoms with E-state index in [9.17, 15) is 18.0 Å². The molecule has 8 heteroatoms. The molecule has 46 heavy (non-hydrogen) atoms. The zero-order chi connectivity index (χ0) is 32.7. The first-order valence-electron chi connectivity index (χ1n) is 16.0. The molecule has 1 atom stereocenters. The quantitative estimate of drug-likeness (QED) is 0.192. The van der Waals surface area contributed by atoms with Crippen LogP contribution in [0.3, 0.4) is 0 Å². The zero-order valence-corrected chi connectivity index (χ0v) is 27.7. The molecule has 0 spiro atoms. The molecule has 0 aromatic heterocycles. The van der Waals surface area contributed by atoms with E-state index >= 15 is 0 Å². The van der Waals surface area contributed by atoms with Gasteiger partial charge in [0.1, 0.15) is 12.6 Å². The second-order valence-electron chi connectivity index (χ2n) is 12.3.